The first kappa shape index (κ1) is 27.8. The summed E-state index contributed by atoms with van der Waals surface area (Å²) in [5, 5.41) is 2.20. The van der Waals surface area contributed by atoms with Crippen LogP contribution in [0, 0.1) is 5.92 Å². The minimum absolute atomic E-state index is 0.102. The number of halogens is 3. The van der Waals surface area contributed by atoms with E-state index in [2.05, 4.69) is 0 Å². The number of nitrogens with zero attached hydrogens (tertiary/aromatic N) is 3. The maximum Gasteiger partial charge on any atom is 0.472 e. The molecule has 2 fully saturated rings. The first-order valence-electron chi connectivity index (χ1n) is 12.2. The number of hydrogen-bond donors (Lipinski definition) is 0. The molecule has 0 N–H and O–H groups in total. The highest BCUT2D eigenvalue weighted by Crippen LogP contribution is 2.30. The number of amides is 2. The topological polar surface area (TPSA) is 79.4 Å². The number of likely N-dealkylation sites (tertiary alicyclic amines) is 1. The van der Waals surface area contributed by atoms with E-state index < -0.39 is 35.7 Å². The zero-order valence-electron chi connectivity index (χ0n) is 20.9. The first-order valence-corrected chi connectivity index (χ1v) is 12.2. The van der Waals surface area contributed by atoms with Crippen LogP contribution in [0.5, 0.6) is 0 Å². The van der Waals surface area contributed by atoms with Gasteiger partial charge in [0.15, 0.2) is 0 Å². The van der Waals surface area contributed by atoms with Gasteiger partial charge in [-0.3, -0.25) is 14.6 Å². The van der Waals surface area contributed by atoms with Gasteiger partial charge in [-0.15, -0.1) is 0 Å². The number of carbonyl (C=O) groups is 3. The third-order valence-electron chi connectivity index (χ3n) is 6.24. The molecule has 2 saturated heterocycles. The van der Waals surface area contributed by atoms with Gasteiger partial charge in [0.05, 0.1) is 12.0 Å². The Morgan fingerprint density at radius 1 is 0.944 bits per heavy atom. The summed E-state index contributed by atoms with van der Waals surface area (Å²) in [6.45, 7) is 5.98. The second kappa shape index (κ2) is 11.5. The molecule has 0 unspecified atom stereocenters. The summed E-state index contributed by atoms with van der Waals surface area (Å²) >= 11 is 0. The number of hydrazine groups is 1. The molecule has 0 bridgehead atoms. The molecule has 2 heterocycles. The SMILES string of the molecule is CC(C)(C)OC(=O)C1CCN(N(C(=O)C(F)(F)F)C2CCN(C(=O)OCc3ccccc3)CC2)CC1. The molecule has 36 heavy (non-hydrogen) atoms. The lowest BCUT2D eigenvalue weighted by Crippen LogP contribution is -2.60. The standard InChI is InChI=1S/C25H34F3N3O5/c1-24(2,3)36-21(32)19-9-15-30(16-10-19)31(22(33)25(26,27)28)20-11-13-29(14-12-20)23(34)35-17-18-7-5-4-6-8-18/h4-8,19-20H,9-17H2,1-3H3. The number of ether oxygens (including phenoxy) is 2. The number of alkyl halides is 3. The molecule has 0 aliphatic carbocycles. The van der Waals surface area contributed by atoms with E-state index in [1.807, 2.05) is 30.3 Å². The summed E-state index contributed by atoms with van der Waals surface area (Å²) < 4.78 is 51.2. The third-order valence-corrected chi connectivity index (χ3v) is 6.24. The second-order valence-corrected chi connectivity index (χ2v) is 10.2. The van der Waals surface area contributed by atoms with Gasteiger partial charge in [0.1, 0.15) is 12.2 Å². The summed E-state index contributed by atoms with van der Waals surface area (Å²) in [7, 11) is 0. The molecule has 11 heteroatoms. The van der Waals surface area contributed by atoms with Gasteiger partial charge >= 0.3 is 24.1 Å². The summed E-state index contributed by atoms with van der Waals surface area (Å²) in [6, 6.07) is 8.45. The monoisotopic (exact) mass is 513 g/mol. The maximum atomic E-state index is 13.5. The lowest BCUT2D eigenvalue weighted by Gasteiger charge is -2.45. The van der Waals surface area contributed by atoms with Crippen molar-refractivity contribution in [1.82, 2.24) is 14.9 Å². The summed E-state index contributed by atoms with van der Waals surface area (Å²) in [5.74, 6) is -2.73. The number of rotatable bonds is 5. The fourth-order valence-electron chi connectivity index (χ4n) is 4.46. The summed E-state index contributed by atoms with van der Waals surface area (Å²) in [4.78, 5) is 38.7. The van der Waals surface area contributed by atoms with Gasteiger partial charge in [0.2, 0.25) is 0 Å². The molecule has 1 aromatic carbocycles. The van der Waals surface area contributed by atoms with E-state index in [9.17, 15) is 27.6 Å². The predicted molar refractivity (Wildman–Crippen MR) is 124 cm³/mol. The molecule has 2 amide bonds. The second-order valence-electron chi connectivity index (χ2n) is 10.2. The van der Waals surface area contributed by atoms with Gasteiger partial charge < -0.3 is 14.4 Å². The Bertz CT molecular complexity index is 904. The Labute approximate surface area is 209 Å². The number of hydrogen-bond acceptors (Lipinski definition) is 6. The van der Waals surface area contributed by atoms with Gasteiger partial charge in [-0.05, 0) is 52.0 Å². The molecule has 8 nitrogen and oxygen atoms in total. The van der Waals surface area contributed by atoms with Crippen LogP contribution in [-0.2, 0) is 25.7 Å². The largest absolute Gasteiger partial charge is 0.472 e. The van der Waals surface area contributed by atoms with Crippen molar-refractivity contribution in [1.29, 1.82) is 0 Å². The zero-order chi connectivity index (χ0) is 26.5. The van der Waals surface area contributed by atoms with Crippen molar-refractivity contribution < 1.29 is 37.0 Å². The van der Waals surface area contributed by atoms with Gasteiger partial charge in [0, 0.05) is 26.2 Å². The Balaban J connectivity index is 1.58. The van der Waals surface area contributed by atoms with Crippen molar-refractivity contribution in [3.63, 3.8) is 0 Å². The molecule has 3 rings (SSSR count). The van der Waals surface area contributed by atoms with E-state index >= 15 is 0 Å². The fourth-order valence-corrected chi connectivity index (χ4v) is 4.46. The van der Waals surface area contributed by atoms with E-state index in [-0.39, 0.29) is 51.6 Å². The molecular formula is C25H34F3N3O5. The Hall–Kier alpha value is -2.82. The first-order chi connectivity index (χ1) is 16.8. The minimum Gasteiger partial charge on any atom is -0.460 e. The highest BCUT2D eigenvalue weighted by molar-refractivity contribution is 5.82. The van der Waals surface area contributed by atoms with E-state index in [1.165, 1.54) is 9.91 Å². The van der Waals surface area contributed by atoms with Gasteiger partial charge in [-0.2, -0.15) is 13.2 Å². The molecule has 200 valence electrons. The van der Waals surface area contributed by atoms with Crippen LogP contribution < -0.4 is 0 Å². The quantitative estimate of drug-likeness (QED) is 0.551. The van der Waals surface area contributed by atoms with Crippen LogP contribution in [0.2, 0.25) is 0 Å². The normalized spacial score (nSPS) is 18.6. The van der Waals surface area contributed by atoms with E-state index in [1.54, 1.807) is 20.8 Å². The molecule has 0 spiro atoms. The molecule has 0 saturated carbocycles. The average molecular weight is 514 g/mol. The van der Waals surface area contributed by atoms with Crippen LogP contribution in [0.1, 0.15) is 52.0 Å². The van der Waals surface area contributed by atoms with Crippen molar-refractivity contribution in [2.45, 2.75) is 70.9 Å². The lowest BCUT2D eigenvalue weighted by molar-refractivity contribution is -0.212. The Morgan fingerprint density at radius 3 is 2.06 bits per heavy atom. The van der Waals surface area contributed by atoms with Crippen molar-refractivity contribution in [2.24, 2.45) is 5.92 Å². The lowest BCUT2D eigenvalue weighted by atomic mass is 9.97. The Morgan fingerprint density at radius 2 is 1.53 bits per heavy atom. The smallest absolute Gasteiger partial charge is 0.460 e. The average Bonchev–Trinajstić information content (AvgIpc) is 2.82. The molecule has 0 aromatic heterocycles. The van der Waals surface area contributed by atoms with Crippen LogP contribution in [-0.4, -0.2) is 76.9 Å². The molecule has 2 aliphatic rings. The highest BCUT2D eigenvalue weighted by atomic mass is 19.4. The molecular weight excluding hydrogens is 479 g/mol. The minimum atomic E-state index is -5.03. The Kier molecular flexibility index (Phi) is 8.86. The van der Waals surface area contributed by atoms with Crippen molar-refractivity contribution in [3.8, 4) is 0 Å². The van der Waals surface area contributed by atoms with Gasteiger partial charge in [-0.1, -0.05) is 30.3 Å². The third kappa shape index (κ3) is 7.59. The van der Waals surface area contributed by atoms with Crippen LogP contribution in [0.4, 0.5) is 18.0 Å². The summed E-state index contributed by atoms with van der Waals surface area (Å²) in [5.41, 5.74) is 0.181. The fraction of sp³-hybridized carbons (Fsp3) is 0.640. The number of esters is 1. The molecule has 2 aliphatic heterocycles. The predicted octanol–water partition coefficient (Wildman–Crippen LogP) is 4.15. The van der Waals surface area contributed by atoms with Gasteiger partial charge in [0.25, 0.3) is 0 Å². The van der Waals surface area contributed by atoms with Crippen molar-refractivity contribution in [3.05, 3.63) is 35.9 Å². The maximum absolute atomic E-state index is 13.5. The zero-order valence-corrected chi connectivity index (χ0v) is 20.9. The highest BCUT2D eigenvalue weighted by Gasteiger charge is 2.48. The van der Waals surface area contributed by atoms with E-state index in [0.29, 0.717) is 12.8 Å². The number of benzene rings is 1. The molecule has 0 atom stereocenters. The van der Waals surface area contributed by atoms with Crippen LogP contribution in [0.15, 0.2) is 30.3 Å². The number of carbonyl (C=O) groups excluding carboxylic acids is 3. The number of piperidine rings is 2. The van der Waals surface area contributed by atoms with E-state index in [4.69, 9.17) is 9.47 Å². The van der Waals surface area contributed by atoms with Crippen LogP contribution in [0.3, 0.4) is 0 Å². The van der Waals surface area contributed by atoms with Crippen molar-refractivity contribution >= 4 is 18.0 Å². The van der Waals surface area contributed by atoms with E-state index in [0.717, 1.165) is 10.6 Å². The van der Waals surface area contributed by atoms with Crippen molar-refractivity contribution in [2.75, 3.05) is 26.2 Å². The molecule has 0 radical (unpaired) electrons. The van der Waals surface area contributed by atoms with Gasteiger partial charge in [-0.25, -0.2) is 9.80 Å². The van der Waals surface area contributed by atoms with Crippen LogP contribution in [0.25, 0.3) is 0 Å². The summed E-state index contributed by atoms with van der Waals surface area (Å²) in [6.07, 6.45) is -4.61. The molecule has 1 aromatic rings. The van der Waals surface area contributed by atoms with Crippen LogP contribution >= 0.6 is 0 Å².